The first-order valence-corrected chi connectivity index (χ1v) is 12.2. The van der Waals surface area contributed by atoms with Gasteiger partial charge in [0.05, 0.1) is 16.4 Å². The normalized spacial score (nSPS) is 19.2. The molecule has 160 valence electrons. The molecular weight excluding hydrogens is 458 g/mol. The fraction of sp³-hybridized carbons (Fsp3) is 0.120. The molecule has 1 fully saturated rings. The van der Waals surface area contributed by atoms with Crippen LogP contribution in [0.5, 0.6) is 0 Å². The number of nitrogens with zero attached hydrogens (tertiary/aromatic N) is 3. The first-order chi connectivity index (χ1) is 15.6. The van der Waals surface area contributed by atoms with Crippen LogP contribution in [-0.4, -0.2) is 29.6 Å². The molecule has 0 spiro atoms. The van der Waals surface area contributed by atoms with Crippen molar-refractivity contribution in [1.82, 2.24) is 4.90 Å². The molecule has 1 saturated heterocycles. The van der Waals surface area contributed by atoms with Crippen molar-refractivity contribution < 1.29 is 4.79 Å². The molecule has 0 atom stereocenters. The number of rotatable bonds is 4. The summed E-state index contributed by atoms with van der Waals surface area (Å²) in [6.45, 7) is 0.563. The van der Waals surface area contributed by atoms with Gasteiger partial charge in [-0.25, -0.2) is 4.99 Å². The van der Waals surface area contributed by atoms with Gasteiger partial charge in [-0.3, -0.25) is 9.69 Å². The van der Waals surface area contributed by atoms with Crippen molar-refractivity contribution in [1.29, 1.82) is 0 Å². The Morgan fingerprint density at radius 1 is 0.938 bits per heavy atom. The molecule has 32 heavy (non-hydrogen) atoms. The average Bonchev–Trinajstić information content (AvgIpc) is 3.29. The molecule has 2 heterocycles. The maximum atomic E-state index is 13.6. The molecule has 0 saturated carbocycles. The van der Waals surface area contributed by atoms with E-state index in [0.29, 0.717) is 21.6 Å². The molecule has 2 aliphatic rings. The van der Waals surface area contributed by atoms with E-state index in [1.54, 1.807) is 16.7 Å². The highest BCUT2D eigenvalue weighted by atomic mass is 35.5. The lowest BCUT2D eigenvalue weighted by Crippen LogP contribution is -2.31. The number of hydrogen-bond acceptors (Lipinski definition) is 5. The fourth-order valence-corrected chi connectivity index (χ4v) is 6.21. The summed E-state index contributed by atoms with van der Waals surface area (Å²) in [5.41, 5.74) is 3.04. The van der Waals surface area contributed by atoms with Gasteiger partial charge in [0.15, 0.2) is 5.17 Å². The number of hydrogen-bond donors (Lipinski definition) is 0. The van der Waals surface area contributed by atoms with Crippen LogP contribution in [0.4, 0.5) is 11.4 Å². The number of fused-ring (bicyclic) bond motifs is 1. The minimum absolute atomic E-state index is 0.00568. The summed E-state index contributed by atoms with van der Waals surface area (Å²) in [5, 5.41) is 2.25. The molecule has 4 nitrogen and oxygen atoms in total. The lowest BCUT2D eigenvalue weighted by molar-refractivity contribution is -0.122. The second-order valence-electron chi connectivity index (χ2n) is 7.43. The van der Waals surface area contributed by atoms with Crippen molar-refractivity contribution in [3.63, 3.8) is 0 Å². The van der Waals surface area contributed by atoms with E-state index < -0.39 is 0 Å². The Labute approximate surface area is 201 Å². The number of para-hydroxylation sites is 1. The minimum Gasteiger partial charge on any atom is -0.337 e. The quantitative estimate of drug-likeness (QED) is 0.399. The molecule has 1 amide bonds. The number of amidine groups is 1. The van der Waals surface area contributed by atoms with E-state index in [0.717, 1.165) is 27.7 Å². The summed E-state index contributed by atoms with van der Waals surface area (Å²) in [6, 6.07) is 25.8. The largest absolute Gasteiger partial charge is 0.337 e. The van der Waals surface area contributed by atoms with Gasteiger partial charge in [0.2, 0.25) is 0 Å². The Hall–Kier alpha value is -2.67. The van der Waals surface area contributed by atoms with Crippen molar-refractivity contribution in [2.75, 3.05) is 18.5 Å². The van der Waals surface area contributed by atoms with E-state index in [4.69, 9.17) is 16.6 Å². The van der Waals surface area contributed by atoms with Crippen LogP contribution in [0.25, 0.3) is 0 Å². The SMILES string of the molecule is CN1C(=C2SC(=Nc3cccc(Cl)c3)N(CCc3ccccc3)C2=O)Sc2ccccc21. The van der Waals surface area contributed by atoms with Crippen molar-refractivity contribution in [2.45, 2.75) is 11.3 Å². The van der Waals surface area contributed by atoms with Gasteiger partial charge in [-0.2, -0.15) is 0 Å². The second-order valence-corrected chi connectivity index (χ2v) is 9.88. The topological polar surface area (TPSA) is 35.9 Å². The third kappa shape index (κ3) is 4.18. The highest BCUT2D eigenvalue weighted by Crippen LogP contribution is 2.50. The predicted molar refractivity (Wildman–Crippen MR) is 136 cm³/mol. The van der Waals surface area contributed by atoms with E-state index in [1.165, 1.54) is 17.3 Å². The van der Waals surface area contributed by atoms with Crippen molar-refractivity contribution in [3.05, 3.63) is 99.4 Å². The van der Waals surface area contributed by atoms with Gasteiger partial charge in [-0.05, 0) is 54.1 Å². The summed E-state index contributed by atoms with van der Waals surface area (Å²) in [7, 11) is 2.01. The van der Waals surface area contributed by atoms with Crippen molar-refractivity contribution in [2.24, 2.45) is 4.99 Å². The van der Waals surface area contributed by atoms with E-state index in [-0.39, 0.29) is 5.91 Å². The summed E-state index contributed by atoms with van der Waals surface area (Å²) in [4.78, 5) is 24.1. The van der Waals surface area contributed by atoms with Gasteiger partial charge >= 0.3 is 0 Å². The van der Waals surface area contributed by atoms with Crippen LogP contribution in [0.15, 0.2) is 98.7 Å². The van der Waals surface area contributed by atoms with E-state index in [1.807, 2.05) is 61.6 Å². The molecular formula is C25H20ClN3OS2. The average molecular weight is 478 g/mol. The Balaban J connectivity index is 1.50. The zero-order valence-electron chi connectivity index (χ0n) is 17.4. The smallest absolute Gasteiger partial charge is 0.269 e. The van der Waals surface area contributed by atoms with Crippen LogP contribution >= 0.6 is 35.1 Å². The molecule has 2 aliphatic heterocycles. The highest BCUT2D eigenvalue weighted by Gasteiger charge is 2.38. The molecule has 0 aromatic heterocycles. The second kappa shape index (κ2) is 9.06. The number of thioether (sulfide) groups is 2. The Kier molecular flexibility index (Phi) is 6.00. The van der Waals surface area contributed by atoms with E-state index in [2.05, 4.69) is 29.2 Å². The van der Waals surface area contributed by atoms with Crippen LogP contribution in [0.1, 0.15) is 5.56 Å². The minimum atomic E-state index is -0.00568. The van der Waals surface area contributed by atoms with Crippen LogP contribution in [0, 0.1) is 0 Å². The highest BCUT2D eigenvalue weighted by molar-refractivity contribution is 8.19. The van der Waals surface area contributed by atoms with Gasteiger partial charge in [0, 0.05) is 23.5 Å². The van der Waals surface area contributed by atoms with E-state index >= 15 is 0 Å². The summed E-state index contributed by atoms with van der Waals surface area (Å²) >= 11 is 9.23. The molecule has 5 rings (SSSR count). The third-order valence-corrected chi connectivity index (χ3v) is 7.96. The number of amides is 1. The molecule has 0 radical (unpaired) electrons. The zero-order valence-corrected chi connectivity index (χ0v) is 19.8. The van der Waals surface area contributed by atoms with Crippen LogP contribution in [0.2, 0.25) is 5.02 Å². The number of carbonyl (C=O) groups is 1. The lowest BCUT2D eigenvalue weighted by atomic mass is 10.1. The Bertz CT molecular complexity index is 1240. The van der Waals surface area contributed by atoms with Gasteiger partial charge in [0.25, 0.3) is 5.91 Å². The monoisotopic (exact) mass is 477 g/mol. The Morgan fingerprint density at radius 3 is 2.50 bits per heavy atom. The van der Waals surface area contributed by atoms with Gasteiger partial charge < -0.3 is 4.90 Å². The molecule has 0 aliphatic carbocycles. The summed E-state index contributed by atoms with van der Waals surface area (Å²) < 4.78 is 0. The molecule has 7 heteroatoms. The molecule has 0 bridgehead atoms. The van der Waals surface area contributed by atoms with Gasteiger partial charge in [-0.15, -0.1) is 0 Å². The third-order valence-electron chi connectivity index (χ3n) is 5.30. The predicted octanol–water partition coefficient (Wildman–Crippen LogP) is 6.56. The van der Waals surface area contributed by atoms with Crippen LogP contribution in [-0.2, 0) is 11.2 Å². The first-order valence-electron chi connectivity index (χ1n) is 10.2. The lowest BCUT2D eigenvalue weighted by Gasteiger charge is -2.16. The molecule has 3 aromatic carbocycles. The van der Waals surface area contributed by atoms with Gasteiger partial charge in [0.1, 0.15) is 4.91 Å². The summed E-state index contributed by atoms with van der Waals surface area (Å²) in [6.07, 6.45) is 0.757. The maximum absolute atomic E-state index is 13.6. The number of aliphatic imine (C=N–C) groups is 1. The number of benzene rings is 3. The summed E-state index contributed by atoms with van der Waals surface area (Å²) in [5.74, 6) is -0.00568. The number of anilines is 1. The molecule has 3 aromatic rings. The maximum Gasteiger partial charge on any atom is 0.269 e. The number of halogens is 1. The number of carbonyl (C=O) groups excluding carboxylic acids is 1. The van der Waals surface area contributed by atoms with E-state index in [9.17, 15) is 4.79 Å². The van der Waals surface area contributed by atoms with Crippen LogP contribution in [0.3, 0.4) is 0 Å². The van der Waals surface area contributed by atoms with Crippen molar-refractivity contribution in [3.8, 4) is 0 Å². The van der Waals surface area contributed by atoms with Crippen LogP contribution < -0.4 is 4.90 Å². The van der Waals surface area contributed by atoms with Gasteiger partial charge in [-0.1, -0.05) is 71.9 Å². The first kappa shape index (κ1) is 21.2. The van der Waals surface area contributed by atoms with Crippen molar-refractivity contribution >= 4 is 57.6 Å². The standard InChI is InChI=1S/C25H20ClN3OS2/c1-28-20-12-5-6-13-21(20)31-24(28)22-23(30)29(15-14-17-8-3-2-4-9-17)25(32-22)27-19-11-7-10-18(26)16-19/h2-13,16H,14-15H2,1H3. The zero-order chi connectivity index (χ0) is 22.1. The molecule has 0 unspecified atom stereocenters. The fourth-order valence-electron chi connectivity index (χ4n) is 3.66. The Morgan fingerprint density at radius 2 is 1.72 bits per heavy atom. The molecule has 0 N–H and O–H groups in total.